The van der Waals surface area contributed by atoms with Crippen molar-refractivity contribution >= 4 is 27.3 Å². The van der Waals surface area contributed by atoms with Gasteiger partial charge in [-0.3, -0.25) is 9.52 Å². The molecular weight excluding hydrogens is 447 g/mol. The van der Waals surface area contributed by atoms with Gasteiger partial charge in [-0.1, -0.05) is 30.3 Å². The smallest absolute Gasteiger partial charge is 0.262 e. The van der Waals surface area contributed by atoms with E-state index in [0.717, 1.165) is 6.07 Å². The van der Waals surface area contributed by atoms with Gasteiger partial charge >= 0.3 is 0 Å². The van der Waals surface area contributed by atoms with E-state index in [1.807, 2.05) is 0 Å². The number of phenolic OH excluding ortho intramolecular Hbond substituents is 1. The van der Waals surface area contributed by atoms with E-state index in [4.69, 9.17) is 0 Å². The van der Waals surface area contributed by atoms with E-state index in [9.17, 15) is 22.7 Å². The van der Waals surface area contributed by atoms with Crippen LogP contribution in [0, 0.1) is 5.82 Å². The summed E-state index contributed by atoms with van der Waals surface area (Å²) >= 11 is 0. The number of aromatic hydroxyl groups is 1. The number of rotatable bonds is 6. The number of carbonyl (C=O) groups is 1. The minimum absolute atomic E-state index is 0.0727. The average Bonchev–Trinajstić information content (AvgIpc) is 2.81. The van der Waals surface area contributed by atoms with Crippen molar-refractivity contribution in [1.29, 1.82) is 0 Å². The van der Waals surface area contributed by atoms with Crippen LogP contribution in [-0.2, 0) is 10.0 Å². The fourth-order valence-corrected chi connectivity index (χ4v) is 4.05. The second-order valence-corrected chi connectivity index (χ2v) is 8.60. The van der Waals surface area contributed by atoms with Gasteiger partial charge in [0, 0.05) is 11.1 Å². The van der Waals surface area contributed by atoms with Crippen molar-refractivity contribution in [3.8, 4) is 17.1 Å². The lowest BCUT2D eigenvalue weighted by molar-refractivity contribution is 0.102. The number of hydrogen-bond acceptors (Lipinski definition) is 6. The zero-order valence-corrected chi connectivity index (χ0v) is 17.8. The zero-order valence-electron chi connectivity index (χ0n) is 16.9. The maximum Gasteiger partial charge on any atom is 0.262 e. The number of aromatic nitrogens is 2. The number of benzene rings is 3. The summed E-state index contributed by atoms with van der Waals surface area (Å²) in [5.74, 6) is -0.861. The lowest BCUT2D eigenvalue weighted by Gasteiger charge is -2.10. The molecule has 0 radical (unpaired) electrons. The lowest BCUT2D eigenvalue weighted by atomic mass is 10.2. The average molecular weight is 464 g/mol. The van der Waals surface area contributed by atoms with Crippen LogP contribution in [0.25, 0.3) is 11.4 Å². The Kier molecular flexibility index (Phi) is 6.01. The molecule has 33 heavy (non-hydrogen) atoms. The summed E-state index contributed by atoms with van der Waals surface area (Å²) in [7, 11) is -4.12. The van der Waals surface area contributed by atoms with Gasteiger partial charge < -0.3 is 10.4 Å². The Hall–Kier alpha value is -4.31. The summed E-state index contributed by atoms with van der Waals surface area (Å²) < 4.78 is 41.3. The highest BCUT2D eigenvalue weighted by atomic mass is 32.2. The summed E-state index contributed by atoms with van der Waals surface area (Å²) in [6.07, 6.45) is 2.79. The number of anilines is 2. The second-order valence-electron chi connectivity index (χ2n) is 6.91. The van der Waals surface area contributed by atoms with Crippen molar-refractivity contribution in [2.24, 2.45) is 0 Å². The van der Waals surface area contributed by atoms with Crippen molar-refractivity contribution in [3.05, 3.63) is 96.6 Å². The SMILES string of the molecule is O=C(Nc1cnc(-c2cccc(O)c2)nc1)c1cccc(S(=O)(=O)Nc2ccccc2F)c1. The Morgan fingerprint density at radius 1 is 0.909 bits per heavy atom. The third kappa shape index (κ3) is 5.13. The number of nitrogens with one attached hydrogen (secondary N) is 2. The Labute approximate surface area is 188 Å². The molecule has 3 aromatic carbocycles. The predicted octanol–water partition coefficient (Wildman–Crippen LogP) is 4.04. The molecule has 0 atom stereocenters. The largest absolute Gasteiger partial charge is 0.508 e. The van der Waals surface area contributed by atoms with Crippen LogP contribution in [-0.4, -0.2) is 29.4 Å². The Balaban J connectivity index is 1.50. The van der Waals surface area contributed by atoms with E-state index in [2.05, 4.69) is 20.0 Å². The van der Waals surface area contributed by atoms with E-state index < -0.39 is 21.7 Å². The van der Waals surface area contributed by atoms with Crippen molar-refractivity contribution < 1.29 is 22.7 Å². The highest BCUT2D eigenvalue weighted by Crippen LogP contribution is 2.22. The monoisotopic (exact) mass is 464 g/mol. The third-order valence-electron chi connectivity index (χ3n) is 4.54. The van der Waals surface area contributed by atoms with Crippen LogP contribution in [0.3, 0.4) is 0 Å². The molecule has 0 unspecified atom stereocenters. The number of halogens is 1. The molecule has 0 fully saturated rings. The molecule has 0 saturated carbocycles. The maximum absolute atomic E-state index is 13.8. The van der Waals surface area contributed by atoms with Gasteiger partial charge in [-0.05, 0) is 42.5 Å². The number of amides is 1. The second kappa shape index (κ2) is 9.05. The van der Waals surface area contributed by atoms with Gasteiger partial charge in [-0.25, -0.2) is 22.8 Å². The van der Waals surface area contributed by atoms with E-state index in [0.29, 0.717) is 17.1 Å². The van der Waals surface area contributed by atoms with Crippen molar-refractivity contribution in [2.45, 2.75) is 4.90 Å². The molecule has 1 amide bonds. The molecule has 0 aliphatic heterocycles. The molecule has 0 aliphatic carbocycles. The first kappa shape index (κ1) is 21.9. The number of sulfonamides is 1. The van der Waals surface area contributed by atoms with Gasteiger partial charge in [0.2, 0.25) is 0 Å². The topological polar surface area (TPSA) is 121 Å². The summed E-state index contributed by atoms with van der Waals surface area (Å²) in [6, 6.07) is 17.1. The Morgan fingerprint density at radius 2 is 1.64 bits per heavy atom. The number of para-hydroxylation sites is 1. The molecule has 0 aliphatic rings. The molecule has 3 N–H and O–H groups in total. The van der Waals surface area contributed by atoms with Gasteiger partial charge in [0.15, 0.2) is 5.82 Å². The van der Waals surface area contributed by atoms with Crippen molar-refractivity contribution in [2.75, 3.05) is 10.0 Å². The number of hydrogen-bond donors (Lipinski definition) is 3. The van der Waals surface area contributed by atoms with E-state index >= 15 is 0 Å². The van der Waals surface area contributed by atoms with Gasteiger partial charge in [-0.15, -0.1) is 0 Å². The first-order chi connectivity index (χ1) is 15.8. The molecule has 8 nitrogen and oxygen atoms in total. The normalized spacial score (nSPS) is 11.1. The van der Waals surface area contributed by atoms with Gasteiger partial charge in [0.05, 0.1) is 28.7 Å². The van der Waals surface area contributed by atoms with E-state index in [1.54, 1.807) is 12.1 Å². The highest BCUT2D eigenvalue weighted by Gasteiger charge is 2.18. The summed E-state index contributed by atoms with van der Waals surface area (Å²) in [6.45, 7) is 0. The molecule has 1 aromatic heterocycles. The molecule has 1 heterocycles. The fourth-order valence-electron chi connectivity index (χ4n) is 2.94. The first-order valence-corrected chi connectivity index (χ1v) is 11.1. The number of phenols is 1. The van der Waals surface area contributed by atoms with Crippen LogP contribution in [0.1, 0.15) is 10.4 Å². The minimum atomic E-state index is -4.12. The van der Waals surface area contributed by atoms with Crippen molar-refractivity contribution in [1.82, 2.24) is 9.97 Å². The molecule has 0 bridgehead atoms. The van der Waals surface area contributed by atoms with Gasteiger partial charge in [0.25, 0.3) is 15.9 Å². The maximum atomic E-state index is 13.8. The standard InChI is InChI=1S/C23H17FN4O4S/c24-20-9-1-2-10-21(20)28-33(31,32)19-8-4-6-16(12-19)23(30)27-17-13-25-22(26-14-17)15-5-3-7-18(29)11-15/h1-14,28-29H,(H,27,30). The van der Waals surface area contributed by atoms with Crippen LogP contribution < -0.4 is 10.0 Å². The van der Waals surface area contributed by atoms with Gasteiger partial charge in [0.1, 0.15) is 11.6 Å². The fraction of sp³-hybridized carbons (Fsp3) is 0. The first-order valence-electron chi connectivity index (χ1n) is 9.62. The van der Waals surface area contributed by atoms with Crippen LogP contribution >= 0.6 is 0 Å². The number of nitrogens with zero attached hydrogens (tertiary/aromatic N) is 2. The summed E-state index contributed by atoms with van der Waals surface area (Å²) in [5.41, 5.74) is 0.773. The molecule has 4 rings (SSSR count). The molecule has 10 heteroatoms. The summed E-state index contributed by atoms with van der Waals surface area (Å²) in [5, 5.41) is 12.2. The van der Waals surface area contributed by atoms with Gasteiger partial charge in [-0.2, -0.15) is 0 Å². The molecule has 0 spiro atoms. The third-order valence-corrected chi connectivity index (χ3v) is 5.90. The number of carbonyl (C=O) groups excluding carboxylic acids is 1. The minimum Gasteiger partial charge on any atom is -0.508 e. The van der Waals surface area contributed by atoms with Crippen LogP contribution in [0.2, 0.25) is 0 Å². The molecule has 4 aromatic rings. The van der Waals surface area contributed by atoms with E-state index in [-0.39, 0.29) is 21.9 Å². The molecule has 0 saturated heterocycles. The predicted molar refractivity (Wildman–Crippen MR) is 121 cm³/mol. The molecular formula is C23H17FN4O4S. The van der Waals surface area contributed by atoms with Crippen LogP contribution in [0.4, 0.5) is 15.8 Å². The Bertz CT molecular complexity index is 1430. The van der Waals surface area contributed by atoms with Crippen LogP contribution in [0.5, 0.6) is 5.75 Å². The quantitative estimate of drug-likeness (QED) is 0.396. The zero-order chi connectivity index (χ0) is 23.4. The van der Waals surface area contributed by atoms with Crippen LogP contribution in [0.15, 0.2) is 90.1 Å². The van der Waals surface area contributed by atoms with Crippen molar-refractivity contribution in [3.63, 3.8) is 0 Å². The summed E-state index contributed by atoms with van der Waals surface area (Å²) in [4.78, 5) is 20.8. The Morgan fingerprint density at radius 3 is 2.36 bits per heavy atom. The molecule has 166 valence electrons. The highest BCUT2D eigenvalue weighted by molar-refractivity contribution is 7.92. The lowest BCUT2D eigenvalue weighted by Crippen LogP contribution is -2.16. The van der Waals surface area contributed by atoms with E-state index in [1.165, 1.54) is 67.0 Å².